The van der Waals surface area contributed by atoms with Gasteiger partial charge >= 0.3 is 0 Å². The lowest BCUT2D eigenvalue weighted by Crippen LogP contribution is -2.43. The van der Waals surface area contributed by atoms with Crippen LogP contribution in [0.2, 0.25) is 0 Å². The van der Waals surface area contributed by atoms with Gasteiger partial charge in [0.05, 0.1) is 0 Å². The molecular formula is C20H27NO. The molecule has 0 radical (unpaired) electrons. The van der Waals surface area contributed by atoms with Gasteiger partial charge in [-0.1, -0.05) is 30.9 Å². The highest BCUT2D eigenvalue weighted by Crippen LogP contribution is 2.76. The number of amides is 1. The maximum Gasteiger partial charge on any atom is 0.226 e. The van der Waals surface area contributed by atoms with Crippen LogP contribution in [0.25, 0.3) is 0 Å². The van der Waals surface area contributed by atoms with Gasteiger partial charge in [0.15, 0.2) is 0 Å². The number of allylic oxidation sites excluding steroid dienone is 2. The quantitative estimate of drug-likeness (QED) is 0.675. The second-order valence-corrected chi connectivity index (χ2v) is 9.27. The fourth-order valence-electron chi connectivity index (χ4n) is 8.10. The van der Waals surface area contributed by atoms with E-state index >= 15 is 0 Å². The zero-order valence-electron chi connectivity index (χ0n) is 13.5. The Morgan fingerprint density at radius 3 is 2.82 bits per heavy atom. The van der Waals surface area contributed by atoms with E-state index in [0.717, 1.165) is 30.2 Å². The van der Waals surface area contributed by atoms with E-state index in [1.807, 2.05) is 0 Å². The molecule has 6 unspecified atom stereocenters. The van der Waals surface area contributed by atoms with E-state index in [1.165, 1.54) is 57.8 Å². The van der Waals surface area contributed by atoms with Crippen molar-refractivity contribution in [2.24, 2.45) is 35.0 Å². The second-order valence-electron chi connectivity index (χ2n) is 9.27. The number of rotatable bonds is 1. The molecule has 2 nitrogen and oxygen atoms in total. The summed E-state index contributed by atoms with van der Waals surface area (Å²) in [6.45, 7) is 1.12. The first kappa shape index (κ1) is 12.6. The molecule has 4 saturated carbocycles. The van der Waals surface area contributed by atoms with Gasteiger partial charge in [0.1, 0.15) is 0 Å². The molecule has 1 heterocycles. The number of nitrogens with zero attached hydrogens (tertiary/aromatic N) is 1. The normalized spacial score (nSPS) is 52.4. The zero-order valence-corrected chi connectivity index (χ0v) is 13.5. The van der Waals surface area contributed by atoms with Crippen molar-refractivity contribution in [2.45, 2.75) is 63.8 Å². The number of fused-ring (bicyclic) bond motifs is 5. The summed E-state index contributed by atoms with van der Waals surface area (Å²) in [5, 5.41) is 0. The second kappa shape index (κ2) is 3.99. The van der Waals surface area contributed by atoms with Crippen molar-refractivity contribution in [1.82, 2.24) is 4.90 Å². The minimum Gasteiger partial charge on any atom is -0.339 e. The number of hydrogen-bond acceptors (Lipinski definition) is 1. The topological polar surface area (TPSA) is 20.3 Å². The lowest BCUT2D eigenvalue weighted by molar-refractivity contribution is -0.138. The van der Waals surface area contributed by atoms with Crippen molar-refractivity contribution in [3.63, 3.8) is 0 Å². The predicted octanol–water partition coefficient (Wildman–Crippen LogP) is 3.77. The fraction of sp³-hybridized carbons (Fsp3) is 0.850. The van der Waals surface area contributed by atoms with Crippen LogP contribution in [0.1, 0.15) is 57.8 Å². The Kier molecular flexibility index (Phi) is 2.29. The van der Waals surface area contributed by atoms with Crippen LogP contribution in [-0.2, 0) is 4.79 Å². The molecule has 5 aliphatic carbocycles. The van der Waals surface area contributed by atoms with E-state index in [1.54, 1.807) is 5.57 Å². The molecule has 1 amide bonds. The van der Waals surface area contributed by atoms with Crippen LogP contribution in [0.4, 0.5) is 0 Å². The molecule has 1 saturated heterocycles. The Labute approximate surface area is 133 Å². The van der Waals surface area contributed by atoms with Crippen LogP contribution in [-0.4, -0.2) is 23.4 Å². The summed E-state index contributed by atoms with van der Waals surface area (Å²) in [5.74, 6) is 4.43. The molecule has 22 heavy (non-hydrogen) atoms. The summed E-state index contributed by atoms with van der Waals surface area (Å²) in [6, 6.07) is 0.596. The maximum absolute atomic E-state index is 13.4. The Morgan fingerprint density at radius 2 is 1.95 bits per heavy atom. The Bertz CT molecular complexity index is 574. The van der Waals surface area contributed by atoms with Gasteiger partial charge in [-0.25, -0.2) is 0 Å². The van der Waals surface area contributed by atoms with Crippen molar-refractivity contribution >= 4 is 5.91 Å². The molecule has 0 aromatic heterocycles. The predicted molar refractivity (Wildman–Crippen MR) is 85.0 cm³/mol. The smallest absolute Gasteiger partial charge is 0.226 e. The Hall–Kier alpha value is -0.790. The van der Waals surface area contributed by atoms with Gasteiger partial charge in [-0.3, -0.25) is 4.79 Å². The van der Waals surface area contributed by atoms with Crippen LogP contribution in [0.3, 0.4) is 0 Å². The number of carbonyl (C=O) groups is 1. The first-order chi connectivity index (χ1) is 10.8. The molecule has 2 heteroatoms. The largest absolute Gasteiger partial charge is 0.339 e. The maximum atomic E-state index is 13.4. The molecule has 0 aromatic carbocycles. The third kappa shape index (κ3) is 1.29. The highest BCUT2D eigenvalue weighted by Gasteiger charge is 2.73. The molecule has 118 valence electrons. The fourth-order valence-corrected chi connectivity index (χ4v) is 8.10. The van der Waals surface area contributed by atoms with Crippen LogP contribution in [0.15, 0.2) is 11.6 Å². The first-order valence-corrected chi connectivity index (χ1v) is 9.76. The van der Waals surface area contributed by atoms with E-state index in [4.69, 9.17) is 0 Å². The summed E-state index contributed by atoms with van der Waals surface area (Å²) >= 11 is 0. The molecule has 6 rings (SSSR count). The van der Waals surface area contributed by atoms with Crippen LogP contribution in [0, 0.1) is 35.0 Å². The van der Waals surface area contributed by atoms with Crippen molar-refractivity contribution < 1.29 is 4.79 Å². The average Bonchev–Trinajstić information content (AvgIpc) is 3.21. The summed E-state index contributed by atoms with van der Waals surface area (Å²) < 4.78 is 0. The standard InChI is InChI=1S/C20H27NO/c22-19-18-16(11-21(19)13-4-2-1-3-5-13)15-10-20(18)9-12-6-7-14(15)17(20)8-12/h6,13-18H,1-5,7-11H2. The number of carbonyl (C=O) groups excluding carboxylic acids is 1. The van der Waals surface area contributed by atoms with E-state index in [9.17, 15) is 4.79 Å². The summed E-state index contributed by atoms with van der Waals surface area (Å²) in [4.78, 5) is 15.7. The lowest BCUT2D eigenvalue weighted by Gasteiger charge is -2.40. The molecule has 4 bridgehead atoms. The zero-order chi connectivity index (χ0) is 14.5. The minimum atomic E-state index is 0.419. The van der Waals surface area contributed by atoms with Crippen molar-refractivity contribution in [3.05, 3.63) is 11.6 Å². The van der Waals surface area contributed by atoms with Crippen molar-refractivity contribution in [1.29, 1.82) is 0 Å². The van der Waals surface area contributed by atoms with E-state index < -0.39 is 0 Å². The molecule has 5 fully saturated rings. The van der Waals surface area contributed by atoms with Gasteiger partial charge in [0.2, 0.25) is 5.91 Å². The SMILES string of the molecule is O=C1C2C(CN1C1CCCCC1)C1CC23CC2=CCC1C3C2. The van der Waals surface area contributed by atoms with Crippen molar-refractivity contribution in [2.75, 3.05) is 6.54 Å². The highest BCUT2D eigenvalue weighted by molar-refractivity contribution is 5.84. The molecule has 0 N–H and O–H groups in total. The van der Waals surface area contributed by atoms with E-state index in [0.29, 0.717) is 23.3 Å². The van der Waals surface area contributed by atoms with Crippen LogP contribution >= 0.6 is 0 Å². The monoisotopic (exact) mass is 297 g/mol. The van der Waals surface area contributed by atoms with Gasteiger partial charge in [0.25, 0.3) is 0 Å². The molecular weight excluding hydrogens is 270 g/mol. The third-order valence-corrected chi connectivity index (χ3v) is 8.71. The van der Waals surface area contributed by atoms with Crippen molar-refractivity contribution in [3.8, 4) is 0 Å². The Morgan fingerprint density at radius 1 is 1.09 bits per heavy atom. The van der Waals surface area contributed by atoms with Gasteiger partial charge in [-0.15, -0.1) is 0 Å². The summed E-state index contributed by atoms with van der Waals surface area (Å²) in [7, 11) is 0. The van der Waals surface area contributed by atoms with Gasteiger partial charge in [-0.05, 0) is 67.6 Å². The van der Waals surface area contributed by atoms with Crippen LogP contribution in [0.5, 0.6) is 0 Å². The first-order valence-electron chi connectivity index (χ1n) is 9.76. The van der Waals surface area contributed by atoms with Gasteiger partial charge in [-0.2, -0.15) is 0 Å². The summed E-state index contributed by atoms with van der Waals surface area (Å²) in [5.41, 5.74) is 2.13. The third-order valence-electron chi connectivity index (χ3n) is 8.71. The summed E-state index contributed by atoms with van der Waals surface area (Å²) in [6.07, 6.45) is 14.6. The highest BCUT2D eigenvalue weighted by atomic mass is 16.2. The molecule has 1 spiro atoms. The molecule has 0 aromatic rings. The van der Waals surface area contributed by atoms with Crippen LogP contribution < -0.4 is 0 Å². The van der Waals surface area contributed by atoms with Gasteiger partial charge in [0, 0.05) is 18.5 Å². The number of hydrogen-bond donors (Lipinski definition) is 0. The minimum absolute atomic E-state index is 0.419. The molecule has 6 aliphatic rings. The van der Waals surface area contributed by atoms with E-state index in [-0.39, 0.29) is 0 Å². The number of likely N-dealkylation sites (tertiary alicyclic amines) is 1. The average molecular weight is 297 g/mol. The van der Waals surface area contributed by atoms with Gasteiger partial charge < -0.3 is 4.90 Å². The lowest BCUT2D eigenvalue weighted by atomic mass is 9.62. The molecule has 6 atom stereocenters. The van der Waals surface area contributed by atoms with E-state index in [2.05, 4.69) is 11.0 Å². The molecule has 1 aliphatic heterocycles. The Balaban J connectivity index is 1.37.